The van der Waals surface area contributed by atoms with Crippen molar-refractivity contribution in [3.8, 4) is 0 Å². The summed E-state index contributed by atoms with van der Waals surface area (Å²) >= 11 is 0. The van der Waals surface area contributed by atoms with E-state index in [1.807, 2.05) is 13.8 Å². The molecule has 0 amide bonds. The zero-order chi connectivity index (χ0) is 9.35. The van der Waals surface area contributed by atoms with Gasteiger partial charge in [0.15, 0.2) is 6.29 Å². The van der Waals surface area contributed by atoms with Gasteiger partial charge in [-0.1, -0.05) is 13.8 Å². The van der Waals surface area contributed by atoms with Gasteiger partial charge in [0.25, 0.3) is 0 Å². The zero-order valence-electron chi connectivity index (χ0n) is 7.28. The molecular weight excluding hydrogens is 158 g/mol. The molecule has 0 saturated carbocycles. The van der Waals surface area contributed by atoms with Gasteiger partial charge in [0.1, 0.15) is 6.04 Å². The van der Waals surface area contributed by atoms with Crippen LogP contribution < -0.4 is 0 Å². The largest absolute Gasteiger partial charge is 0.313 e. The molecule has 1 fully saturated rings. The Morgan fingerprint density at radius 3 is 2.58 bits per heavy atom. The van der Waals surface area contributed by atoms with Crippen LogP contribution in [0.2, 0.25) is 0 Å². The Balaban J connectivity index is 2.70. The quantitative estimate of drug-likeness (QED) is 0.477. The lowest BCUT2D eigenvalue weighted by atomic mass is 9.90. The van der Waals surface area contributed by atoms with Gasteiger partial charge in [-0.25, -0.2) is 0 Å². The third-order valence-electron chi connectivity index (χ3n) is 2.14. The molecule has 0 bridgehead atoms. The number of ketones is 1. The van der Waals surface area contributed by atoms with Crippen LogP contribution in [0.4, 0.5) is 0 Å². The van der Waals surface area contributed by atoms with Gasteiger partial charge in [-0.15, -0.1) is 0 Å². The molecule has 0 aromatic carbocycles. The van der Waals surface area contributed by atoms with Crippen LogP contribution in [0.5, 0.6) is 0 Å². The van der Waals surface area contributed by atoms with E-state index in [0.717, 1.165) is 5.06 Å². The van der Waals surface area contributed by atoms with E-state index in [9.17, 15) is 14.8 Å². The fourth-order valence-electron chi connectivity index (χ4n) is 1.57. The summed E-state index contributed by atoms with van der Waals surface area (Å²) < 4.78 is 0. The fraction of sp³-hybridized carbons (Fsp3) is 0.750. The number of hydroxylamine groups is 2. The van der Waals surface area contributed by atoms with E-state index in [1.165, 1.54) is 0 Å². The summed E-state index contributed by atoms with van der Waals surface area (Å²) in [6, 6.07) is -0.627. The predicted molar refractivity (Wildman–Crippen MR) is 41.7 cm³/mol. The number of nitrogens with zero attached hydrogens (tertiary/aromatic N) is 1. The van der Waals surface area contributed by atoms with Gasteiger partial charge < -0.3 is 5.21 Å². The van der Waals surface area contributed by atoms with Crippen molar-refractivity contribution in [3.63, 3.8) is 0 Å². The Kier molecular flexibility index (Phi) is 2.30. The molecule has 0 aromatic rings. The van der Waals surface area contributed by atoms with Gasteiger partial charge in [0, 0.05) is 6.54 Å². The van der Waals surface area contributed by atoms with Crippen LogP contribution in [-0.4, -0.2) is 34.9 Å². The first kappa shape index (κ1) is 9.35. The minimum Gasteiger partial charge on any atom is -0.313 e. The molecule has 1 heterocycles. The Hall–Kier alpha value is -0.740. The molecule has 0 radical (unpaired) electrons. The highest BCUT2D eigenvalue weighted by molar-refractivity contribution is 6.27. The highest BCUT2D eigenvalue weighted by Gasteiger charge is 2.40. The van der Waals surface area contributed by atoms with Crippen molar-refractivity contribution in [2.75, 3.05) is 6.54 Å². The van der Waals surface area contributed by atoms with Crippen LogP contribution >= 0.6 is 0 Å². The van der Waals surface area contributed by atoms with Gasteiger partial charge in [0.2, 0.25) is 5.78 Å². The minimum absolute atomic E-state index is 0.0852. The third-order valence-corrected chi connectivity index (χ3v) is 2.14. The molecular formula is C8H13NO3. The van der Waals surface area contributed by atoms with Gasteiger partial charge in [-0.2, -0.15) is 5.06 Å². The van der Waals surface area contributed by atoms with Gasteiger partial charge in [-0.3, -0.25) is 9.59 Å². The van der Waals surface area contributed by atoms with Crippen LogP contribution in [0.1, 0.15) is 20.3 Å². The lowest BCUT2D eigenvalue weighted by molar-refractivity contribution is -0.148. The average Bonchev–Trinajstić information content (AvgIpc) is 2.23. The van der Waals surface area contributed by atoms with Crippen molar-refractivity contribution >= 4 is 12.1 Å². The number of aldehydes is 1. The van der Waals surface area contributed by atoms with Crippen molar-refractivity contribution < 1.29 is 14.8 Å². The van der Waals surface area contributed by atoms with Gasteiger partial charge in [0.05, 0.1) is 0 Å². The minimum atomic E-state index is -0.627. The Morgan fingerprint density at radius 2 is 2.25 bits per heavy atom. The van der Waals surface area contributed by atoms with Crippen LogP contribution in [0.25, 0.3) is 0 Å². The van der Waals surface area contributed by atoms with Crippen molar-refractivity contribution in [2.45, 2.75) is 26.3 Å². The number of rotatable bonds is 2. The van der Waals surface area contributed by atoms with Gasteiger partial charge in [-0.05, 0) is 11.8 Å². The normalized spacial score (nSPS) is 28.8. The smallest absolute Gasteiger partial charge is 0.214 e. The molecule has 0 spiro atoms. The second kappa shape index (κ2) is 2.95. The first-order chi connectivity index (χ1) is 5.46. The number of carbonyl (C=O) groups excluding carboxylic acids is 2. The van der Waals surface area contributed by atoms with E-state index in [-0.39, 0.29) is 11.7 Å². The van der Waals surface area contributed by atoms with E-state index in [1.54, 1.807) is 0 Å². The van der Waals surface area contributed by atoms with Crippen molar-refractivity contribution in [2.24, 2.45) is 5.41 Å². The standard InChI is InChI=1S/C8H13NO3/c1-8(2)3-6(7(11)4-10)9(12)5-8/h4,6,12H,3,5H2,1-2H3. The Morgan fingerprint density at radius 1 is 1.67 bits per heavy atom. The number of hydrogen-bond acceptors (Lipinski definition) is 4. The number of Topliss-reactive ketones (excluding diaryl/α,β-unsaturated/α-hetero) is 1. The molecule has 1 aliphatic rings. The molecule has 1 N–H and O–H groups in total. The Bertz CT molecular complexity index is 212. The van der Waals surface area contributed by atoms with Crippen LogP contribution in [0.15, 0.2) is 0 Å². The van der Waals surface area contributed by atoms with Crippen LogP contribution in [0.3, 0.4) is 0 Å². The first-order valence-corrected chi connectivity index (χ1v) is 3.91. The van der Waals surface area contributed by atoms with E-state index < -0.39 is 11.8 Å². The lowest BCUT2D eigenvalue weighted by Crippen LogP contribution is -2.33. The first-order valence-electron chi connectivity index (χ1n) is 3.91. The molecule has 4 nitrogen and oxygen atoms in total. The average molecular weight is 171 g/mol. The molecule has 1 aliphatic heterocycles. The summed E-state index contributed by atoms with van der Waals surface area (Å²) in [4.78, 5) is 21.1. The SMILES string of the molecule is CC1(C)CC(C(=O)C=O)N(O)C1. The maximum absolute atomic E-state index is 10.9. The topological polar surface area (TPSA) is 57.6 Å². The second-order valence-electron chi connectivity index (χ2n) is 4.00. The molecule has 1 saturated heterocycles. The third kappa shape index (κ3) is 1.70. The molecule has 0 aliphatic carbocycles. The van der Waals surface area contributed by atoms with E-state index in [4.69, 9.17) is 0 Å². The van der Waals surface area contributed by atoms with Crippen molar-refractivity contribution in [3.05, 3.63) is 0 Å². The highest BCUT2D eigenvalue weighted by Crippen LogP contribution is 2.32. The summed E-state index contributed by atoms with van der Waals surface area (Å²) in [5.74, 6) is -0.539. The summed E-state index contributed by atoms with van der Waals surface area (Å²) in [5.41, 5.74) is -0.0852. The molecule has 68 valence electrons. The molecule has 1 rings (SSSR count). The fourth-order valence-corrected chi connectivity index (χ4v) is 1.57. The highest BCUT2D eigenvalue weighted by atomic mass is 16.5. The number of hydrogen-bond donors (Lipinski definition) is 1. The molecule has 0 aromatic heterocycles. The monoisotopic (exact) mass is 171 g/mol. The zero-order valence-corrected chi connectivity index (χ0v) is 7.28. The summed E-state index contributed by atoms with van der Waals surface area (Å²) in [6.45, 7) is 4.35. The van der Waals surface area contributed by atoms with Crippen molar-refractivity contribution in [1.82, 2.24) is 5.06 Å². The predicted octanol–water partition coefficient (Wildman–Crippen LogP) is 0.244. The van der Waals surface area contributed by atoms with Gasteiger partial charge >= 0.3 is 0 Å². The van der Waals surface area contributed by atoms with Crippen LogP contribution in [0, 0.1) is 5.41 Å². The molecule has 4 heteroatoms. The Labute approximate surface area is 71.1 Å². The van der Waals surface area contributed by atoms with Crippen LogP contribution in [-0.2, 0) is 9.59 Å². The van der Waals surface area contributed by atoms with E-state index in [2.05, 4.69) is 0 Å². The van der Waals surface area contributed by atoms with E-state index in [0.29, 0.717) is 13.0 Å². The summed E-state index contributed by atoms with van der Waals surface area (Å²) in [5, 5.41) is 10.2. The molecule has 1 atom stereocenters. The maximum Gasteiger partial charge on any atom is 0.214 e. The van der Waals surface area contributed by atoms with E-state index >= 15 is 0 Å². The summed E-state index contributed by atoms with van der Waals surface area (Å²) in [7, 11) is 0. The lowest BCUT2D eigenvalue weighted by Gasteiger charge is -2.14. The second-order valence-corrected chi connectivity index (χ2v) is 4.00. The molecule has 12 heavy (non-hydrogen) atoms. The van der Waals surface area contributed by atoms with Crippen molar-refractivity contribution in [1.29, 1.82) is 0 Å². The summed E-state index contributed by atoms with van der Waals surface area (Å²) in [6.07, 6.45) is 0.816. The maximum atomic E-state index is 10.9. The molecule has 1 unspecified atom stereocenters. The number of carbonyl (C=O) groups is 2.